The molecular formula is C11H16N2OP4. The van der Waals surface area contributed by atoms with Crippen LogP contribution in [-0.2, 0) is 6.54 Å². The monoisotopic (exact) mass is 316 g/mol. The zero-order valence-corrected chi connectivity index (χ0v) is 14.3. The van der Waals surface area contributed by atoms with Gasteiger partial charge in [0.1, 0.15) is 0 Å². The SMILES string of the molecule is CCCn1ccc2nccc(P(P)PP)c2c1=O. The number of aromatic nitrogens is 2. The topological polar surface area (TPSA) is 34.9 Å². The summed E-state index contributed by atoms with van der Waals surface area (Å²) in [6.07, 6.45) is 4.60. The fraction of sp³-hybridized carbons (Fsp3) is 0.273. The summed E-state index contributed by atoms with van der Waals surface area (Å²) in [7, 11) is 6.02. The molecule has 0 spiro atoms. The van der Waals surface area contributed by atoms with Crippen LogP contribution in [0.25, 0.3) is 10.9 Å². The van der Waals surface area contributed by atoms with E-state index in [0.29, 0.717) is 0 Å². The van der Waals surface area contributed by atoms with Gasteiger partial charge in [0, 0.05) is 24.2 Å². The standard InChI is InChI=1S/C11H16N2OP4/c1-2-6-13-7-4-8-10(11(13)14)9(3-5-12-8)18(16)17-15/h3-5,7,17H,2,6,15-16H2,1H3. The van der Waals surface area contributed by atoms with Gasteiger partial charge in [0.15, 0.2) is 0 Å². The number of aryl methyl sites for hydroxylation is 1. The first-order chi connectivity index (χ1) is 8.69. The summed E-state index contributed by atoms with van der Waals surface area (Å²) in [5, 5.41) is 1.94. The number of hydrogen-bond donors (Lipinski definition) is 0. The highest BCUT2D eigenvalue weighted by molar-refractivity contribution is 8.63. The van der Waals surface area contributed by atoms with E-state index < -0.39 is 0 Å². The Bertz CT molecular complexity index is 614. The van der Waals surface area contributed by atoms with Crippen LogP contribution < -0.4 is 10.9 Å². The summed E-state index contributed by atoms with van der Waals surface area (Å²) in [6, 6.07) is 3.92. The van der Waals surface area contributed by atoms with Crippen LogP contribution in [0.2, 0.25) is 0 Å². The maximum absolute atomic E-state index is 12.5. The third kappa shape index (κ3) is 2.81. The second-order valence-corrected chi connectivity index (χ2v) is 13.0. The Morgan fingerprint density at radius 2 is 2.28 bits per heavy atom. The largest absolute Gasteiger partial charge is 0.315 e. The molecule has 0 saturated carbocycles. The van der Waals surface area contributed by atoms with E-state index in [1.807, 2.05) is 18.3 Å². The Labute approximate surface area is 114 Å². The van der Waals surface area contributed by atoms with Gasteiger partial charge in [-0.1, -0.05) is 14.9 Å². The Morgan fingerprint density at radius 1 is 1.50 bits per heavy atom. The van der Waals surface area contributed by atoms with Gasteiger partial charge in [-0.3, -0.25) is 9.78 Å². The Balaban J connectivity index is 2.73. The van der Waals surface area contributed by atoms with Crippen molar-refractivity contribution in [1.29, 1.82) is 0 Å². The Kier molecular flexibility index (Phi) is 5.23. The minimum atomic E-state index is -0.357. The summed E-state index contributed by atoms with van der Waals surface area (Å²) in [4.78, 5) is 16.8. The van der Waals surface area contributed by atoms with Gasteiger partial charge in [0.25, 0.3) is 5.56 Å². The lowest BCUT2D eigenvalue weighted by atomic mass is 10.2. The molecule has 7 heteroatoms. The predicted molar refractivity (Wildman–Crippen MR) is 90.6 cm³/mol. The van der Waals surface area contributed by atoms with Crippen LogP contribution in [-0.4, -0.2) is 9.55 Å². The molecule has 0 aliphatic carbocycles. The average Bonchev–Trinajstić information content (AvgIpc) is 2.40. The number of rotatable bonds is 4. The molecule has 4 atom stereocenters. The lowest BCUT2D eigenvalue weighted by Crippen LogP contribution is -2.23. The Morgan fingerprint density at radius 3 is 2.94 bits per heavy atom. The van der Waals surface area contributed by atoms with Crippen LogP contribution in [0.5, 0.6) is 0 Å². The highest BCUT2D eigenvalue weighted by atomic mass is 32.6. The van der Waals surface area contributed by atoms with Crippen LogP contribution in [0.1, 0.15) is 13.3 Å². The normalized spacial score (nSPS) is 13.5. The second-order valence-electron chi connectivity index (χ2n) is 3.90. The molecule has 0 aliphatic heterocycles. The number of hydrogen-bond acceptors (Lipinski definition) is 2. The molecule has 0 radical (unpaired) electrons. The second kappa shape index (κ2) is 6.49. The van der Waals surface area contributed by atoms with Crippen LogP contribution in [0.3, 0.4) is 0 Å². The van der Waals surface area contributed by atoms with E-state index in [9.17, 15) is 4.79 Å². The van der Waals surface area contributed by atoms with E-state index in [1.54, 1.807) is 10.8 Å². The minimum Gasteiger partial charge on any atom is -0.315 e. The number of fused-ring (bicyclic) bond motifs is 1. The quantitative estimate of drug-likeness (QED) is 0.813. The van der Waals surface area contributed by atoms with E-state index in [1.165, 1.54) is 0 Å². The molecule has 2 rings (SSSR count). The van der Waals surface area contributed by atoms with Gasteiger partial charge in [-0.05, 0) is 25.9 Å². The zero-order valence-electron chi connectivity index (χ0n) is 10.1. The van der Waals surface area contributed by atoms with Crippen molar-refractivity contribution in [3.05, 3.63) is 34.9 Å². The average molecular weight is 316 g/mol. The van der Waals surface area contributed by atoms with E-state index in [4.69, 9.17) is 0 Å². The van der Waals surface area contributed by atoms with E-state index in [2.05, 4.69) is 29.8 Å². The fourth-order valence-electron chi connectivity index (χ4n) is 1.87. The summed E-state index contributed by atoms with van der Waals surface area (Å²) >= 11 is 0. The maximum atomic E-state index is 12.5. The summed E-state index contributed by atoms with van der Waals surface area (Å²) in [5.74, 6) is 0. The lowest BCUT2D eigenvalue weighted by Gasteiger charge is -2.13. The fourth-order valence-corrected chi connectivity index (χ4v) is 5.56. The summed E-state index contributed by atoms with van der Waals surface area (Å²) in [6.45, 7) is 2.84. The van der Waals surface area contributed by atoms with Crippen molar-refractivity contribution in [2.75, 3.05) is 0 Å². The number of pyridine rings is 2. The predicted octanol–water partition coefficient (Wildman–Crippen LogP) is 3.09. The molecule has 2 aromatic heterocycles. The first kappa shape index (κ1) is 14.5. The molecule has 2 heterocycles. The van der Waals surface area contributed by atoms with Crippen molar-refractivity contribution in [2.24, 2.45) is 0 Å². The van der Waals surface area contributed by atoms with Gasteiger partial charge >= 0.3 is 0 Å². The van der Waals surface area contributed by atoms with Gasteiger partial charge < -0.3 is 4.57 Å². The molecule has 0 aromatic carbocycles. The summed E-state index contributed by atoms with van der Waals surface area (Å²) in [5.41, 5.74) is 0.902. The minimum absolute atomic E-state index is 0.0932. The molecule has 0 saturated heterocycles. The van der Waals surface area contributed by atoms with E-state index in [0.717, 1.165) is 37.1 Å². The summed E-state index contributed by atoms with van der Waals surface area (Å²) < 4.78 is 1.78. The third-order valence-corrected chi connectivity index (χ3v) is 12.8. The molecule has 0 fully saturated rings. The molecule has 2 aromatic rings. The molecule has 4 unspecified atom stereocenters. The highest BCUT2D eigenvalue weighted by Gasteiger charge is 2.12. The van der Waals surface area contributed by atoms with Crippen LogP contribution >= 0.6 is 33.1 Å². The van der Waals surface area contributed by atoms with Gasteiger partial charge in [0.05, 0.1) is 10.9 Å². The lowest BCUT2D eigenvalue weighted by molar-refractivity contribution is 0.659. The van der Waals surface area contributed by atoms with Crippen molar-refractivity contribution >= 4 is 49.3 Å². The van der Waals surface area contributed by atoms with Gasteiger partial charge in [0.2, 0.25) is 0 Å². The van der Waals surface area contributed by atoms with Crippen molar-refractivity contribution in [3.8, 4) is 0 Å². The highest BCUT2D eigenvalue weighted by Crippen LogP contribution is 2.65. The maximum Gasteiger partial charge on any atom is 0.260 e. The molecular weight excluding hydrogens is 300 g/mol. The number of nitrogens with zero attached hydrogens (tertiary/aromatic N) is 2. The van der Waals surface area contributed by atoms with Gasteiger partial charge in [-0.2, -0.15) is 0 Å². The molecule has 3 nitrogen and oxygen atoms in total. The van der Waals surface area contributed by atoms with Gasteiger partial charge in [-0.25, -0.2) is 0 Å². The first-order valence-corrected chi connectivity index (χ1v) is 12.3. The smallest absolute Gasteiger partial charge is 0.260 e. The van der Waals surface area contributed by atoms with E-state index >= 15 is 0 Å². The molecule has 0 N–H and O–H groups in total. The zero-order chi connectivity index (χ0) is 13.1. The van der Waals surface area contributed by atoms with Crippen molar-refractivity contribution in [3.63, 3.8) is 0 Å². The molecule has 96 valence electrons. The molecule has 18 heavy (non-hydrogen) atoms. The van der Waals surface area contributed by atoms with Crippen LogP contribution in [0.15, 0.2) is 29.3 Å². The molecule has 0 bridgehead atoms. The van der Waals surface area contributed by atoms with Crippen LogP contribution in [0, 0.1) is 0 Å². The first-order valence-electron chi connectivity index (χ1n) is 5.68. The van der Waals surface area contributed by atoms with Crippen LogP contribution in [0.4, 0.5) is 0 Å². The van der Waals surface area contributed by atoms with Crippen molar-refractivity contribution < 1.29 is 0 Å². The molecule has 0 aliphatic rings. The van der Waals surface area contributed by atoms with Gasteiger partial charge in [-0.15, -0.1) is 17.9 Å². The third-order valence-electron chi connectivity index (χ3n) is 2.71. The van der Waals surface area contributed by atoms with E-state index in [-0.39, 0.29) is 12.9 Å². The van der Waals surface area contributed by atoms with Crippen molar-refractivity contribution in [1.82, 2.24) is 9.55 Å². The molecule has 0 amide bonds. The Hall–Kier alpha value is 0.0800. The van der Waals surface area contributed by atoms with Crippen molar-refractivity contribution in [2.45, 2.75) is 19.9 Å².